The smallest absolute Gasteiger partial charge is 0.289 e. The molecular weight excluding hydrogens is 293 g/mol. The van der Waals surface area contributed by atoms with Crippen molar-refractivity contribution in [3.05, 3.63) is 46.5 Å². The van der Waals surface area contributed by atoms with Crippen LogP contribution < -0.4 is 0 Å². The second kappa shape index (κ2) is 5.96. The van der Waals surface area contributed by atoms with E-state index in [2.05, 4.69) is 6.58 Å². The summed E-state index contributed by atoms with van der Waals surface area (Å²) in [6, 6.07) is 5.30. The van der Waals surface area contributed by atoms with Crippen LogP contribution in [-0.2, 0) is 10.0 Å². The first-order valence-electron chi connectivity index (χ1n) is 6.22. The van der Waals surface area contributed by atoms with E-state index < -0.39 is 20.6 Å². The highest BCUT2D eigenvalue weighted by atomic mass is 32.2. The SMILES string of the molecule is [B]N1CCN(S(=O)(=O)c2ccccc2[N+](=O)[O-])CC(=C)C1. The number of benzene rings is 1. The first-order chi connectivity index (χ1) is 9.82. The van der Waals surface area contributed by atoms with Gasteiger partial charge in [-0.3, -0.25) is 10.1 Å². The number of rotatable bonds is 3. The van der Waals surface area contributed by atoms with Gasteiger partial charge in [-0.25, -0.2) is 8.42 Å². The van der Waals surface area contributed by atoms with Crippen molar-refractivity contribution >= 4 is 23.7 Å². The molecule has 1 saturated heterocycles. The molecule has 1 fully saturated rings. The number of hydrogen-bond acceptors (Lipinski definition) is 5. The van der Waals surface area contributed by atoms with Gasteiger partial charge in [0.1, 0.15) is 0 Å². The zero-order valence-corrected chi connectivity index (χ0v) is 12.1. The zero-order valence-electron chi connectivity index (χ0n) is 11.3. The molecule has 9 heteroatoms. The third-order valence-electron chi connectivity index (χ3n) is 3.14. The normalized spacial score (nSPS) is 18.4. The molecular formula is C12H14BN3O4S. The van der Waals surface area contributed by atoms with E-state index in [0.717, 1.165) is 0 Å². The Balaban J connectivity index is 2.42. The van der Waals surface area contributed by atoms with Gasteiger partial charge in [0.15, 0.2) is 12.9 Å². The molecule has 0 bridgehead atoms. The molecule has 7 nitrogen and oxygen atoms in total. The van der Waals surface area contributed by atoms with E-state index in [0.29, 0.717) is 18.7 Å². The van der Waals surface area contributed by atoms with Crippen LogP contribution in [0.25, 0.3) is 0 Å². The van der Waals surface area contributed by atoms with E-state index in [9.17, 15) is 18.5 Å². The predicted octanol–water partition coefficient (Wildman–Crippen LogP) is 0.541. The summed E-state index contributed by atoms with van der Waals surface area (Å²) in [5.74, 6) is 0. The van der Waals surface area contributed by atoms with Crippen molar-refractivity contribution in [2.45, 2.75) is 4.90 Å². The minimum atomic E-state index is -3.97. The number of para-hydroxylation sites is 1. The van der Waals surface area contributed by atoms with Gasteiger partial charge >= 0.3 is 0 Å². The van der Waals surface area contributed by atoms with Crippen molar-refractivity contribution in [2.24, 2.45) is 0 Å². The van der Waals surface area contributed by atoms with Crippen LogP contribution in [0.3, 0.4) is 0 Å². The van der Waals surface area contributed by atoms with Crippen LogP contribution in [0.2, 0.25) is 0 Å². The third-order valence-corrected chi connectivity index (χ3v) is 5.04. The van der Waals surface area contributed by atoms with Crippen molar-refractivity contribution < 1.29 is 13.3 Å². The van der Waals surface area contributed by atoms with E-state index in [1.54, 1.807) is 0 Å². The number of hydrogen-bond donors (Lipinski definition) is 0. The molecule has 0 amide bonds. The maximum atomic E-state index is 12.6. The molecule has 1 aliphatic rings. The third kappa shape index (κ3) is 3.31. The second-order valence-corrected chi connectivity index (χ2v) is 6.69. The van der Waals surface area contributed by atoms with E-state index in [1.807, 2.05) is 0 Å². The number of nitrogens with zero attached hydrogens (tertiary/aromatic N) is 3. The Morgan fingerprint density at radius 1 is 1.24 bits per heavy atom. The van der Waals surface area contributed by atoms with E-state index in [1.165, 1.54) is 33.4 Å². The Hall–Kier alpha value is -1.71. The monoisotopic (exact) mass is 307 g/mol. The molecule has 110 valence electrons. The summed E-state index contributed by atoms with van der Waals surface area (Å²) in [6.45, 7) is 4.76. The van der Waals surface area contributed by atoms with Gasteiger partial charge in [0.2, 0.25) is 10.0 Å². The van der Waals surface area contributed by atoms with E-state index in [4.69, 9.17) is 7.98 Å². The summed E-state index contributed by atoms with van der Waals surface area (Å²) in [5.41, 5.74) is 0.203. The number of nitro groups is 1. The molecule has 0 unspecified atom stereocenters. The van der Waals surface area contributed by atoms with Crippen LogP contribution in [0.1, 0.15) is 0 Å². The summed E-state index contributed by atoms with van der Waals surface area (Å²) in [7, 11) is 1.72. The lowest BCUT2D eigenvalue weighted by molar-refractivity contribution is -0.387. The van der Waals surface area contributed by atoms with Gasteiger partial charge in [-0.2, -0.15) is 4.31 Å². The molecule has 1 aromatic rings. The van der Waals surface area contributed by atoms with Crippen molar-refractivity contribution in [1.82, 2.24) is 9.12 Å². The van der Waals surface area contributed by atoms with Crippen LogP contribution in [0, 0.1) is 10.1 Å². The molecule has 0 saturated carbocycles. The topological polar surface area (TPSA) is 83.8 Å². The van der Waals surface area contributed by atoms with Gasteiger partial charge < -0.3 is 4.81 Å². The molecule has 0 N–H and O–H groups in total. The van der Waals surface area contributed by atoms with Crippen molar-refractivity contribution in [3.8, 4) is 0 Å². The lowest BCUT2D eigenvalue weighted by atomic mass is 10.2. The molecule has 1 aromatic carbocycles. The fraction of sp³-hybridized carbons (Fsp3) is 0.333. The highest BCUT2D eigenvalue weighted by molar-refractivity contribution is 7.89. The molecule has 21 heavy (non-hydrogen) atoms. The molecule has 2 rings (SSSR count). The standard InChI is InChI=1S/C12H14BN3O4S/c1-10-8-14(13)6-7-15(9-10)21(19,20)12-5-3-2-4-11(12)16(17)18/h2-5H,1,6-9H2. The highest BCUT2D eigenvalue weighted by Gasteiger charge is 2.32. The van der Waals surface area contributed by atoms with Gasteiger partial charge in [-0.05, 0) is 11.6 Å². The molecule has 0 aliphatic carbocycles. The Morgan fingerprint density at radius 2 is 1.90 bits per heavy atom. The van der Waals surface area contributed by atoms with Gasteiger partial charge in [0.25, 0.3) is 5.69 Å². The fourth-order valence-corrected chi connectivity index (χ4v) is 3.77. The maximum absolute atomic E-state index is 12.6. The van der Waals surface area contributed by atoms with Gasteiger partial charge in [-0.15, -0.1) is 0 Å². The fourth-order valence-electron chi connectivity index (χ4n) is 2.16. The lowest BCUT2D eigenvalue weighted by Crippen LogP contribution is -2.35. The average molecular weight is 307 g/mol. The molecule has 2 radical (unpaired) electrons. The Kier molecular flexibility index (Phi) is 4.45. The molecule has 1 heterocycles. The summed E-state index contributed by atoms with van der Waals surface area (Å²) < 4.78 is 26.4. The summed E-state index contributed by atoms with van der Waals surface area (Å²) in [5, 5.41) is 11.0. The first kappa shape index (κ1) is 15.7. The number of nitro benzene ring substituents is 1. The van der Waals surface area contributed by atoms with E-state index in [-0.39, 0.29) is 18.0 Å². The number of sulfonamides is 1. The average Bonchev–Trinajstić information content (AvgIpc) is 2.59. The molecule has 1 aliphatic heterocycles. The maximum Gasteiger partial charge on any atom is 0.289 e. The van der Waals surface area contributed by atoms with Crippen molar-refractivity contribution in [1.29, 1.82) is 0 Å². The molecule has 0 atom stereocenters. The highest BCUT2D eigenvalue weighted by Crippen LogP contribution is 2.27. The lowest BCUT2D eigenvalue weighted by Gasteiger charge is -2.20. The van der Waals surface area contributed by atoms with Crippen LogP contribution >= 0.6 is 0 Å². The van der Waals surface area contributed by atoms with E-state index >= 15 is 0 Å². The summed E-state index contributed by atoms with van der Waals surface area (Å²) in [6.07, 6.45) is 0. The van der Waals surface area contributed by atoms with Crippen LogP contribution in [0.5, 0.6) is 0 Å². The minimum absolute atomic E-state index is 0.0993. The van der Waals surface area contributed by atoms with Crippen molar-refractivity contribution in [3.63, 3.8) is 0 Å². The van der Waals surface area contributed by atoms with Gasteiger partial charge in [-0.1, -0.05) is 18.7 Å². The molecule has 0 spiro atoms. The summed E-state index contributed by atoms with van der Waals surface area (Å²) >= 11 is 0. The van der Waals surface area contributed by atoms with Crippen LogP contribution in [-0.4, -0.2) is 56.6 Å². The Labute approximate surface area is 124 Å². The predicted molar refractivity (Wildman–Crippen MR) is 78.3 cm³/mol. The van der Waals surface area contributed by atoms with Crippen molar-refractivity contribution in [2.75, 3.05) is 26.2 Å². The first-order valence-corrected chi connectivity index (χ1v) is 7.66. The quantitative estimate of drug-likeness (QED) is 0.352. The largest absolute Gasteiger partial charge is 0.349 e. The second-order valence-electron chi connectivity index (χ2n) is 4.78. The van der Waals surface area contributed by atoms with Crippen LogP contribution in [0.15, 0.2) is 41.3 Å². The van der Waals surface area contributed by atoms with Crippen LogP contribution in [0.4, 0.5) is 5.69 Å². The van der Waals surface area contributed by atoms with Gasteiger partial charge in [0, 0.05) is 32.2 Å². The summed E-state index contributed by atoms with van der Waals surface area (Å²) in [4.78, 5) is 11.5. The Morgan fingerprint density at radius 3 is 2.57 bits per heavy atom. The van der Waals surface area contributed by atoms with Gasteiger partial charge in [0.05, 0.1) is 4.92 Å². The molecule has 0 aromatic heterocycles. The zero-order chi connectivity index (χ0) is 15.6. The Bertz CT molecular complexity index is 677. The minimum Gasteiger partial charge on any atom is -0.349 e.